The van der Waals surface area contributed by atoms with Crippen molar-refractivity contribution in [1.82, 2.24) is 15.3 Å². The van der Waals surface area contributed by atoms with Crippen molar-refractivity contribution >= 4 is 11.7 Å². The first-order valence-electron chi connectivity index (χ1n) is 5.67. The third-order valence-electron chi connectivity index (χ3n) is 2.91. The topological polar surface area (TPSA) is 101 Å². The number of aromatic amines is 1. The summed E-state index contributed by atoms with van der Waals surface area (Å²) >= 11 is 0. The van der Waals surface area contributed by atoms with E-state index in [-0.39, 0.29) is 23.6 Å². The Hall–Kier alpha value is -1.92. The average molecular weight is 238 g/mol. The van der Waals surface area contributed by atoms with Crippen LogP contribution in [0, 0.1) is 10.1 Å². The molecule has 1 aliphatic carbocycles. The lowest BCUT2D eigenvalue weighted by atomic mass is 9.95. The van der Waals surface area contributed by atoms with Crippen molar-refractivity contribution in [3.63, 3.8) is 0 Å². The highest BCUT2D eigenvalue weighted by molar-refractivity contribution is 5.91. The molecule has 1 amide bonds. The van der Waals surface area contributed by atoms with Crippen LogP contribution in [0.1, 0.15) is 42.7 Å². The second-order valence-electron chi connectivity index (χ2n) is 4.18. The van der Waals surface area contributed by atoms with E-state index in [1.807, 2.05) is 0 Å². The molecule has 1 aromatic heterocycles. The third-order valence-corrected chi connectivity index (χ3v) is 2.91. The Morgan fingerprint density at radius 2 is 2.18 bits per heavy atom. The van der Waals surface area contributed by atoms with E-state index in [9.17, 15) is 14.9 Å². The molecule has 92 valence electrons. The number of aromatic nitrogens is 2. The summed E-state index contributed by atoms with van der Waals surface area (Å²) < 4.78 is 0. The molecule has 2 rings (SSSR count). The zero-order valence-corrected chi connectivity index (χ0v) is 9.31. The summed E-state index contributed by atoms with van der Waals surface area (Å²) in [6.45, 7) is 0. The molecule has 7 heteroatoms. The maximum atomic E-state index is 11.7. The number of amides is 1. The van der Waals surface area contributed by atoms with Gasteiger partial charge in [-0.3, -0.25) is 4.79 Å². The molecule has 0 saturated heterocycles. The van der Waals surface area contributed by atoms with Crippen LogP contribution in [0.5, 0.6) is 0 Å². The predicted octanol–water partition coefficient (Wildman–Crippen LogP) is 1.38. The molecule has 0 spiro atoms. The second kappa shape index (κ2) is 4.94. The SMILES string of the molecule is O=C(NC1CCCCC1)c1ncc([N+](=O)[O-])[nH]1. The number of rotatable bonds is 3. The Kier molecular flexibility index (Phi) is 3.36. The lowest BCUT2D eigenvalue weighted by molar-refractivity contribution is -0.389. The van der Waals surface area contributed by atoms with Gasteiger partial charge >= 0.3 is 11.7 Å². The van der Waals surface area contributed by atoms with Crippen molar-refractivity contribution in [3.05, 3.63) is 22.1 Å². The fourth-order valence-corrected chi connectivity index (χ4v) is 2.02. The summed E-state index contributed by atoms with van der Waals surface area (Å²) in [6, 6.07) is 0.167. The van der Waals surface area contributed by atoms with Crippen LogP contribution in [0.4, 0.5) is 5.82 Å². The summed E-state index contributed by atoms with van der Waals surface area (Å²) in [4.78, 5) is 27.6. The van der Waals surface area contributed by atoms with E-state index < -0.39 is 4.92 Å². The molecule has 1 heterocycles. The van der Waals surface area contributed by atoms with Crippen molar-refractivity contribution in [2.75, 3.05) is 0 Å². The van der Waals surface area contributed by atoms with Gasteiger partial charge in [0.15, 0.2) is 0 Å². The van der Waals surface area contributed by atoms with Crippen molar-refractivity contribution in [2.45, 2.75) is 38.1 Å². The van der Waals surface area contributed by atoms with Crippen LogP contribution in [-0.4, -0.2) is 26.8 Å². The van der Waals surface area contributed by atoms with Gasteiger partial charge in [-0.15, -0.1) is 0 Å². The molecule has 0 unspecified atom stereocenters. The number of nitrogens with zero attached hydrogens (tertiary/aromatic N) is 2. The van der Waals surface area contributed by atoms with Gasteiger partial charge in [0.05, 0.1) is 0 Å². The van der Waals surface area contributed by atoms with Crippen molar-refractivity contribution in [1.29, 1.82) is 0 Å². The number of carbonyl (C=O) groups is 1. The third kappa shape index (κ3) is 2.80. The van der Waals surface area contributed by atoms with Gasteiger partial charge in [0.25, 0.3) is 5.82 Å². The van der Waals surface area contributed by atoms with E-state index in [1.54, 1.807) is 0 Å². The molecule has 1 saturated carbocycles. The lowest BCUT2D eigenvalue weighted by Crippen LogP contribution is -2.36. The Morgan fingerprint density at radius 1 is 1.47 bits per heavy atom. The van der Waals surface area contributed by atoms with Crippen LogP contribution in [0.15, 0.2) is 6.20 Å². The zero-order valence-electron chi connectivity index (χ0n) is 9.31. The Balaban J connectivity index is 1.96. The summed E-state index contributed by atoms with van der Waals surface area (Å²) in [5, 5.41) is 13.3. The van der Waals surface area contributed by atoms with Crippen LogP contribution in [0.3, 0.4) is 0 Å². The first kappa shape index (κ1) is 11.6. The molecule has 2 N–H and O–H groups in total. The van der Waals surface area contributed by atoms with Gasteiger partial charge in [-0.2, -0.15) is 0 Å². The average Bonchev–Trinajstić information content (AvgIpc) is 2.79. The quantitative estimate of drug-likeness (QED) is 0.613. The molecular weight excluding hydrogens is 224 g/mol. The fraction of sp³-hybridized carbons (Fsp3) is 0.600. The van der Waals surface area contributed by atoms with Gasteiger partial charge in [-0.25, -0.2) is 9.97 Å². The van der Waals surface area contributed by atoms with Crippen LogP contribution in [-0.2, 0) is 0 Å². The number of nitro groups is 1. The summed E-state index contributed by atoms with van der Waals surface area (Å²) in [7, 11) is 0. The highest BCUT2D eigenvalue weighted by atomic mass is 16.6. The highest BCUT2D eigenvalue weighted by Crippen LogP contribution is 2.17. The van der Waals surface area contributed by atoms with Crippen molar-refractivity contribution in [3.8, 4) is 0 Å². The van der Waals surface area contributed by atoms with Crippen LogP contribution in [0.2, 0.25) is 0 Å². The molecule has 0 atom stereocenters. The number of hydrogen-bond donors (Lipinski definition) is 2. The molecule has 7 nitrogen and oxygen atoms in total. The number of imidazole rings is 1. The van der Waals surface area contributed by atoms with Crippen LogP contribution in [0.25, 0.3) is 0 Å². The van der Waals surface area contributed by atoms with E-state index in [4.69, 9.17) is 0 Å². The molecule has 0 radical (unpaired) electrons. The first-order chi connectivity index (χ1) is 8.16. The monoisotopic (exact) mass is 238 g/mol. The number of nitrogens with one attached hydrogen (secondary N) is 2. The first-order valence-corrected chi connectivity index (χ1v) is 5.67. The second-order valence-corrected chi connectivity index (χ2v) is 4.18. The minimum atomic E-state index is -0.607. The maximum Gasteiger partial charge on any atom is 0.341 e. The predicted molar refractivity (Wildman–Crippen MR) is 59.6 cm³/mol. The summed E-state index contributed by atoms with van der Waals surface area (Å²) in [5.74, 6) is -0.633. The van der Waals surface area contributed by atoms with Crippen molar-refractivity contribution < 1.29 is 9.72 Å². The van der Waals surface area contributed by atoms with Gasteiger partial charge in [-0.05, 0) is 17.8 Å². The molecular formula is C10H14N4O3. The minimum absolute atomic E-state index is 0.00211. The van der Waals surface area contributed by atoms with E-state index >= 15 is 0 Å². The van der Waals surface area contributed by atoms with Gasteiger partial charge in [0, 0.05) is 6.04 Å². The minimum Gasteiger partial charge on any atom is -0.358 e. The van der Waals surface area contributed by atoms with E-state index in [0.717, 1.165) is 31.9 Å². The molecule has 0 bridgehead atoms. The molecule has 0 aliphatic heterocycles. The standard InChI is InChI=1S/C10H14N4O3/c15-10(12-7-4-2-1-3-5-7)9-11-6-8(13-9)14(16)17/h6-7H,1-5H2,(H,11,13)(H,12,15). The van der Waals surface area contributed by atoms with E-state index in [1.165, 1.54) is 6.42 Å². The maximum absolute atomic E-state index is 11.7. The molecule has 1 fully saturated rings. The molecule has 0 aromatic carbocycles. The van der Waals surface area contributed by atoms with Crippen LogP contribution >= 0.6 is 0 Å². The fourth-order valence-electron chi connectivity index (χ4n) is 2.02. The van der Waals surface area contributed by atoms with E-state index in [2.05, 4.69) is 15.3 Å². The summed E-state index contributed by atoms with van der Waals surface area (Å²) in [5.41, 5.74) is 0. The Labute approximate surface area is 97.8 Å². The highest BCUT2D eigenvalue weighted by Gasteiger charge is 2.21. The van der Waals surface area contributed by atoms with Gasteiger partial charge < -0.3 is 15.4 Å². The number of carbonyl (C=O) groups excluding carboxylic acids is 1. The Bertz CT molecular complexity index is 423. The molecule has 1 aromatic rings. The van der Waals surface area contributed by atoms with Crippen LogP contribution < -0.4 is 5.32 Å². The van der Waals surface area contributed by atoms with Gasteiger partial charge in [-0.1, -0.05) is 19.3 Å². The Morgan fingerprint density at radius 3 is 2.76 bits per heavy atom. The lowest BCUT2D eigenvalue weighted by Gasteiger charge is -2.21. The number of hydrogen-bond acceptors (Lipinski definition) is 4. The normalized spacial score (nSPS) is 16.7. The molecule has 1 aliphatic rings. The van der Waals surface area contributed by atoms with E-state index in [0.29, 0.717) is 0 Å². The largest absolute Gasteiger partial charge is 0.358 e. The van der Waals surface area contributed by atoms with Gasteiger partial charge in [0.2, 0.25) is 0 Å². The number of H-pyrrole nitrogens is 1. The summed E-state index contributed by atoms with van der Waals surface area (Å²) in [6.07, 6.45) is 6.42. The smallest absolute Gasteiger partial charge is 0.341 e. The zero-order chi connectivity index (χ0) is 12.3. The van der Waals surface area contributed by atoms with Gasteiger partial charge in [0.1, 0.15) is 6.20 Å². The molecule has 17 heavy (non-hydrogen) atoms. The van der Waals surface area contributed by atoms with Crippen molar-refractivity contribution in [2.24, 2.45) is 0 Å².